The highest BCUT2D eigenvalue weighted by Gasteiger charge is 2.10. The van der Waals surface area contributed by atoms with E-state index in [9.17, 15) is 0 Å². The van der Waals surface area contributed by atoms with E-state index in [2.05, 4.69) is 19.6 Å². The van der Waals surface area contributed by atoms with Crippen LogP contribution in [0.4, 0.5) is 0 Å². The van der Waals surface area contributed by atoms with Gasteiger partial charge in [0.05, 0.1) is 11.5 Å². The predicted octanol–water partition coefficient (Wildman–Crippen LogP) is 4.15. The van der Waals surface area contributed by atoms with Crippen LogP contribution in [0, 0.1) is 5.92 Å². The fourth-order valence-corrected chi connectivity index (χ4v) is 1.60. The second kappa shape index (κ2) is 8.40. The summed E-state index contributed by atoms with van der Waals surface area (Å²) in [5.74, 6) is 2.40. The normalized spacial score (nSPS) is 19.8. The molecule has 0 amide bonds. The molecule has 0 N–H and O–H groups in total. The van der Waals surface area contributed by atoms with E-state index in [1.165, 1.54) is 0 Å². The maximum absolute atomic E-state index is 5.69. The zero-order chi connectivity index (χ0) is 13.2. The van der Waals surface area contributed by atoms with Gasteiger partial charge in [-0.3, -0.25) is 0 Å². The molecule has 0 saturated carbocycles. The number of allylic oxidation sites excluding steroid dienone is 9. The zero-order valence-corrected chi connectivity index (χ0v) is 11.3. The van der Waals surface area contributed by atoms with Crippen molar-refractivity contribution >= 4 is 0 Å². The fourth-order valence-electron chi connectivity index (χ4n) is 1.60. The van der Waals surface area contributed by atoms with E-state index >= 15 is 0 Å². The monoisotopic (exact) mass is 246 g/mol. The van der Waals surface area contributed by atoms with Gasteiger partial charge in [0.15, 0.2) is 0 Å². The minimum absolute atomic E-state index is 0.474. The summed E-state index contributed by atoms with van der Waals surface area (Å²) >= 11 is 0. The molecule has 0 aliphatic heterocycles. The number of ether oxygens (including phenoxy) is 2. The van der Waals surface area contributed by atoms with Gasteiger partial charge < -0.3 is 9.47 Å². The smallest absolute Gasteiger partial charge is 0.122 e. The standard InChI is InChI=1S/C16H22O2/c1-4-5-6-10-15(3)17-12-13-18-16-11-8-7-9-14(16)2/h4-8,10-11,14H,1,9,12-13H2,2-3H3/b6-5-,15-10+. The average Bonchev–Trinajstić information content (AvgIpc) is 2.37. The molecule has 18 heavy (non-hydrogen) atoms. The highest BCUT2D eigenvalue weighted by molar-refractivity contribution is 5.15. The van der Waals surface area contributed by atoms with Gasteiger partial charge >= 0.3 is 0 Å². The van der Waals surface area contributed by atoms with Crippen LogP contribution in [0.2, 0.25) is 0 Å². The third-order valence-electron chi connectivity index (χ3n) is 2.63. The lowest BCUT2D eigenvalue weighted by Crippen LogP contribution is -2.09. The Morgan fingerprint density at radius 3 is 3.00 bits per heavy atom. The second-order valence-electron chi connectivity index (χ2n) is 4.23. The molecule has 0 fully saturated rings. The summed E-state index contributed by atoms with van der Waals surface area (Å²) in [7, 11) is 0. The van der Waals surface area contributed by atoms with Gasteiger partial charge in [0.25, 0.3) is 0 Å². The van der Waals surface area contributed by atoms with Gasteiger partial charge in [-0.15, -0.1) is 0 Å². The maximum Gasteiger partial charge on any atom is 0.122 e. The van der Waals surface area contributed by atoms with Crippen LogP contribution < -0.4 is 0 Å². The highest BCUT2D eigenvalue weighted by Crippen LogP contribution is 2.20. The van der Waals surface area contributed by atoms with Crippen LogP contribution in [0.3, 0.4) is 0 Å². The molecule has 0 heterocycles. The first kappa shape index (κ1) is 14.4. The van der Waals surface area contributed by atoms with E-state index in [4.69, 9.17) is 9.47 Å². The minimum Gasteiger partial charge on any atom is -0.495 e. The molecule has 2 heteroatoms. The van der Waals surface area contributed by atoms with E-state index in [1.54, 1.807) is 6.08 Å². The first-order valence-corrected chi connectivity index (χ1v) is 6.32. The van der Waals surface area contributed by atoms with Gasteiger partial charge in [0.2, 0.25) is 0 Å². The van der Waals surface area contributed by atoms with E-state index in [0.29, 0.717) is 19.1 Å². The van der Waals surface area contributed by atoms with Crippen LogP contribution in [0.25, 0.3) is 0 Å². The van der Waals surface area contributed by atoms with Gasteiger partial charge in [-0.2, -0.15) is 0 Å². The topological polar surface area (TPSA) is 18.5 Å². The zero-order valence-electron chi connectivity index (χ0n) is 11.3. The van der Waals surface area contributed by atoms with E-state index in [1.807, 2.05) is 37.3 Å². The molecule has 0 saturated heterocycles. The molecule has 0 bridgehead atoms. The molecule has 1 aliphatic carbocycles. The van der Waals surface area contributed by atoms with Crippen LogP contribution >= 0.6 is 0 Å². The fraction of sp³-hybridized carbons (Fsp3) is 0.375. The Kier molecular flexibility index (Phi) is 6.70. The molecule has 98 valence electrons. The van der Waals surface area contributed by atoms with Gasteiger partial charge in [-0.1, -0.05) is 43.9 Å². The second-order valence-corrected chi connectivity index (χ2v) is 4.23. The summed E-state index contributed by atoms with van der Waals surface area (Å²) < 4.78 is 11.2. The Morgan fingerprint density at radius 1 is 1.44 bits per heavy atom. The van der Waals surface area contributed by atoms with Crippen molar-refractivity contribution in [2.75, 3.05) is 13.2 Å². The Morgan fingerprint density at radius 2 is 2.28 bits per heavy atom. The summed E-state index contributed by atoms with van der Waals surface area (Å²) in [6, 6.07) is 0. The van der Waals surface area contributed by atoms with Gasteiger partial charge in [0.1, 0.15) is 13.2 Å². The minimum atomic E-state index is 0.474. The van der Waals surface area contributed by atoms with Crippen molar-refractivity contribution in [3.63, 3.8) is 0 Å². The number of hydrogen-bond acceptors (Lipinski definition) is 2. The lowest BCUT2D eigenvalue weighted by atomic mass is 10.0. The highest BCUT2D eigenvalue weighted by atomic mass is 16.5. The van der Waals surface area contributed by atoms with Gasteiger partial charge in [-0.05, 0) is 25.5 Å². The van der Waals surface area contributed by atoms with E-state index < -0.39 is 0 Å². The molecular formula is C16H22O2. The van der Waals surface area contributed by atoms with Crippen molar-refractivity contribution in [2.45, 2.75) is 20.3 Å². The number of hydrogen-bond donors (Lipinski definition) is 0. The summed E-state index contributed by atoms with van der Waals surface area (Å²) in [4.78, 5) is 0. The number of rotatable bonds is 7. The van der Waals surface area contributed by atoms with Crippen molar-refractivity contribution in [3.8, 4) is 0 Å². The Bertz CT molecular complexity index is 373. The largest absolute Gasteiger partial charge is 0.495 e. The Hall–Kier alpha value is -1.70. The molecule has 0 radical (unpaired) electrons. The van der Waals surface area contributed by atoms with Gasteiger partial charge in [-0.25, -0.2) is 0 Å². The summed E-state index contributed by atoms with van der Waals surface area (Å²) in [6.45, 7) is 8.85. The van der Waals surface area contributed by atoms with Gasteiger partial charge in [0, 0.05) is 5.92 Å². The molecule has 0 aromatic heterocycles. The molecule has 1 rings (SSSR count). The maximum atomic E-state index is 5.69. The lowest BCUT2D eigenvalue weighted by Gasteiger charge is -2.18. The first-order chi connectivity index (χ1) is 8.74. The average molecular weight is 246 g/mol. The van der Waals surface area contributed by atoms with Crippen molar-refractivity contribution < 1.29 is 9.47 Å². The van der Waals surface area contributed by atoms with Crippen molar-refractivity contribution in [2.24, 2.45) is 5.92 Å². The quantitative estimate of drug-likeness (QED) is 0.382. The van der Waals surface area contributed by atoms with Crippen LogP contribution in [-0.2, 0) is 9.47 Å². The SMILES string of the molecule is C=C/C=C\C=C(/C)OCCOC1=CC=CCC1C. The summed E-state index contributed by atoms with van der Waals surface area (Å²) in [5, 5.41) is 0. The Balaban J connectivity index is 2.20. The van der Waals surface area contributed by atoms with Crippen molar-refractivity contribution in [1.29, 1.82) is 0 Å². The Labute approximate surface area is 110 Å². The molecule has 1 atom stereocenters. The predicted molar refractivity (Wildman–Crippen MR) is 76.0 cm³/mol. The van der Waals surface area contributed by atoms with Crippen molar-refractivity contribution in [3.05, 3.63) is 60.6 Å². The summed E-state index contributed by atoms with van der Waals surface area (Å²) in [5.41, 5.74) is 0. The van der Waals surface area contributed by atoms with Crippen LogP contribution in [0.1, 0.15) is 20.3 Å². The van der Waals surface area contributed by atoms with Crippen LogP contribution in [-0.4, -0.2) is 13.2 Å². The molecule has 1 unspecified atom stereocenters. The molecule has 0 aromatic rings. The first-order valence-electron chi connectivity index (χ1n) is 6.32. The van der Waals surface area contributed by atoms with E-state index in [-0.39, 0.29) is 0 Å². The molecule has 0 spiro atoms. The van der Waals surface area contributed by atoms with Crippen molar-refractivity contribution in [1.82, 2.24) is 0 Å². The molecule has 1 aliphatic rings. The molecule has 0 aromatic carbocycles. The lowest BCUT2D eigenvalue weighted by molar-refractivity contribution is 0.105. The summed E-state index contributed by atoms with van der Waals surface area (Å²) in [6.07, 6.45) is 14.7. The third kappa shape index (κ3) is 5.58. The van der Waals surface area contributed by atoms with Crippen LogP contribution in [0.5, 0.6) is 0 Å². The van der Waals surface area contributed by atoms with E-state index in [0.717, 1.165) is 17.9 Å². The van der Waals surface area contributed by atoms with Crippen LogP contribution in [0.15, 0.2) is 60.6 Å². The third-order valence-corrected chi connectivity index (χ3v) is 2.63. The molecular weight excluding hydrogens is 224 g/mol. The molecule has 2 nitrogen and oxygen atoms in total.